The molecule has 0 aromatic heterocycles. The van der Waals surface area contributed by atoms with Gasteiger partial charge in [0.15, 0.2) is 0 Å². The maximum absolute atomic E-state index is 11.9. The van der Waals surface area contributed by atoms with Gasteiger partial charge in [0.2, 0.25) is 0 Å². The molecule has 2 aliphatic heterocycles. The van der Waals surface area contributed by atoms with Gasteiger partial charge in [0.1, 0.15) is 16.7 Å². The third kappa shape index (κ3) is 2.31. The Bertz CT molecular complexity index is 634. The molecule has 0 atom stereocenters. The summed E-state index contributed by atoms with van der Waals surface area (Å²) < 4.78 is 6.25. The number of amides is 1. The number of ether oxygens (including phenoxy) is 1. The molecule has 0 aliphatic carbocycles. The molecule has 96 valence electrons. The predicted octanol–water partition coefficient (Wildman–Crippen LogP) is 2.84. The fourth-order valence-corrected chi connectivity index (χ4v) is 3.13. The zero-order valence-corrected chi connectivity index (χ0v) is 11.9. The molecule has 1 amide bonds. The van der Waals surface area contributed by atoms with Crippen LogP contribution in [0.15, 0.2) is 40.8 Å². The Balaban J connectivity index is 1.92. The van der Waals surface area contributed by atoms with Crippen molar-refractivity contribution in [2.24, 2.45) is 0 Å². The van der Waals surface area contributed by atoms with Crippen molar-refractivity contribution < 1.29 is 9.53 Å². The quantitative estimate of drug-likeness (QED) is 0.587. The van der Waals surface area contributed by atoms with Gasteiger partial charge in [0, 0.05) is 12.6 Å². The number of hydrogen-bond acceptors (Lipinski definition) is 4. The van der Waals surface area contributed by atoms with Gasteiger partial charge >= 0.3 is 0 Å². The zero-order chi connectivity index (χ0) is 13.4. The Labute approximate surface area is 120 Å². The molecule has 0 spiro atoms. The molecule has 1 saturated heterocycles. The third-order valence-corrected chi connectivity index (χ3v) is 4.44. The van der Waals surface area contributed by atoms with Gasteiger partial charge in [-0.05, 0) is 23.8 Å². The Morgan fingerprint density at radius 1 is 1.42 bits per heavy atom. The number of nitrogens with zero attached hydrogens (tertiary/aromatic N) is 1. The van der Waals surface area contributed by atoms with Crippen molar-refractivity contribution in [1.82, 2.24) is 4.90 Å². The molecule has 2 heterocycles. The smallest absolute Gasteiger partial charge is 0.265 e. The van der Waals surface area contributed by atoms with E-state index in [1.165, 1.54) is 16.7 Å². The summed E-state index contributed by atoms with van der Waals surface area (Å²) >= 11 is 6.43. The van der Waals surface area contributed by atoms with Crippen molar-refractivity contribution in [2.75, 3.05) is 13.7 Å². The lowest BCUT2D eigenvalue weighted by Gasteiger charge is -2.15. The fourth-order valence-electron chi connectivity index (χ4n) is 1.93. The number of carbonyl (C=O) groups excluding carboxylic acids is 1. The topological polar surface area (TPSA) is 29.5 Å². The molecule has 1 fully saturated rings. The second-order valence-corrected chi connectivity index (χ2v) is 5.96. The summed E-state index contributed by atoms with van der Waals surface area (Å²) in [5.41, 5.74) is 2.01. The number of hydrogen-bond donors (Lipinski definition) is 0. The molecule has 0 bridgehead atoms. The normalized spacial score (nSPS) is 20.4. The van der Waals surface area contributed by atoms with E-state index in [0.29, 0.717) is 15.8 Å². The van der Waals surface area contributed by atoms with E-state index in [2.05, 4.69) is 0 Å². The molecule has 3 rings (SSSR count). The third-order valence-electron chi connectivity index (χ3n) is 2.96. The highest BCUT2D eigenvalue weighted by Gasteiger charge is 2.29. The van der Waals surface area contributed by atoms with Crippen LogP contribution in [0.3, 0.4) is 0 Å². The second kappa shape index (κ2) is 4.83. The highest BCUT2D eigenvalue weighted by atomic mass is 32.2. The first-order valence-electron chi connectivity index (χ1n) is 5.79. The number of fused-ring (bicyclic) bond motifs is 1. The van der Waals surface area contributed by atoms with Gasteiger partial charge in [-0.15, -0.1) is 0 Å². The number of rotatable bonds is 1. The van der Waals surface area contributed by atoms with Gasteiger partial charge in [0.05, 0.1) is 4.91 Å². The molecule has 1 aromatic rings. The van der Waals surface area contributed by atoms with Gasteiger partial charge in [0.25, 0.3) is 5.91 Å². The largest absolute Gasteiger partial charge is 0.488 e. The molecule has 0 radical (unpaired) electrons. The van der Waals surface area contributed by atoms with E-state index in [-0.39, 0.29) is 5.91 Å². The minimum Gasteiger partial charge on any atom is -0.488 e. The number of thiocarbonyl (C=S) groups is 1. The average Bonchev–Trinajstić information content (AvgIpc) is 2.66. The summed E-state index contributed by atoms with van der Waals surface area (Å²) in [5, 5.41) is 0. The van der Waals surface area contributed by atoms with Crippen LogP contribution in [0.4, 0.5) is 0 Å². The van der Waals surface area contributed by atoms with E-state index in [4.69, 9.17) is 17.0 Å². The molecule has 5 heteroatoms. The van der Waals surface area contributed by atoms with E-state index in [0.717, 1.165) is 16.9 Å². The summed E-state index contributed by atoms with van der Waals surface area (Å²) in [4.78, 5) is 14.1. The second-order valence-electron chi connectivity index (χ2n) is 4.29. The monoisotopic (exact) mass is 289 g/mol. The summed E-state index contributed by atoms with van der Waals surface area (Å²) in [6, 6.07) is 7.84. The lowest BCUT2D eigenvalue weighted by atomic mass is 10.1. The molecule has 0 N–H and O–H groups in total. The zero-order valence-electron chi connectivity index (χ0n) is 10.3. The number of likely N-dealkylation sites (N-methyl/N-ethyl adjacent to an activating group) is 1. The Morgan fingerprint density at radius 2 is 2.21 bits per heavy atom. The van der Waals surface area contributed by atoms with Crippen LogP contribution in [0.1, 0.15) is 5.56 Å². The summed E-state index contributed by atoms with van der Waals surface area (Å²) in [7, 11) is 1.69. The lowest BCUT2D eigenvalue weighted by Crippen LogP contribution is -2.22. The number of benzene rings is 1. The Kier molecular flexibility index (Phi) is 3.16. The minimum atomic E-state index is -0.0465. The minimum absolute atomic E-state index is 0.0465. The molecular weight excluding hydrogens is 278 g/mol. The average molecular weight is 289 g/mol. The first kappa shape index (κ1) is 12.4. The van der Waals surface area contributed by atoms with Crippen LogP contribution in [0.2, 0.25) is 0 Å². The standard InChI is InChI=1S/C14H11NO2S2/c1-15-13(16)12(19-14(15)18)7-9-6-10-4-2-3-5-11(10)17-8-9/h2-7H,8H2,1H3. The highest BCUT2D eigenvalue weighted by molar-refractivity contribution is 8.26. The first-order valence-corrected chi connectivity index (χ1v) is 7.01. The van der Waals surface area contributed by atoms with Gasteiger partial charge < -0.3 is 4.74 Å². The van der Waals surface area contributed by atoms with E-state index in [1.54, 1.807) is 7.05 Å². The Morgan fingerprint density at radius 3 is 2.95 bits per heavy atom. The van der Waals surface area contributed by atoms with Crippen molar-refractivity contribution in [3.63, 3.8) is 0 Å². The molecule has 3 nitrogen and oxygen atoms in total. The molecule has 1 aromatic carbocycles. The van der Waals surface area contributed by atoms with E-state index < -0.39 is 0 Å². The Hall–Kier alpha value is -1.59. The van der Waals surface area contributed by atoms with Gasteiger partial charge in [-0.3, -0.25) is 9.69 Å². The van der Waals surface area contributed by atoms with Crippen LogP contribution in [0.5, 0.6) is 5.75 Å². The van der Waals surface area contributed by atoms with Crippen molar-refractivity contribution in [3.05, 3.63) is 46.4 Å². The number of para-hydroxylation sites is 1. The van der Waals surface area contributed by atoms with Crippen LogP contribution in [-0.2, 0) is 4.79 Å². The van der Waals surface area contributed by atoms with Crippen LogP contribution in [-0.4, -0.2) is 28.8 Å². The van der Waals surface area contributed by atoms with E-state index in [9.17, 15) is 4.79 Å². The summed E-state index contributed by atoms with van der Waals surface area (Å²) in [6.07, 6.45) is 3.90. The highest BCUT2D eigenvalue weighted by Crippen LogP contribution is 2.32. The number of thioether (sulfide) groups is 1. The molecule has 2 aliphatic rings. The van der Waals surface area contributed by atoms with Crippen molar-refractivity contribution in [2.45, 2.75) is 0 Å². The van der Waals surface area contributed by atoms with Crippen LogP contribution >= 0.6 is 24.0 Å². The van der Waals surface area contributed by atoms with Crippen LogP contribution in [0, 0.1) is 0 Å². The van der Waals surface area contributed by atoms with Gasteiger partial charge in [-0.25, -0.2) is 0 Å². The number of carbonyl (C=O) groups is 1. The van der Waals surface area contributed by atoms with Gasteiger partial charge in [-0.1, -0.05) is 42.2 Å². The molecule has 19 heavy (non-hydrogen) atoms. The maximum Gasteiger partial charge on any atom is 0.265 e. The maximum atomic E-state index is 11.9. The fraction of sp³-hybridized carbons (Fsp3) is 0.143. The summed E-state index contributed by atoms with van der Waals surface area (Å²) in [6.45, 7) is 0.477. The van der Waals surface area contributed by atoms with Crippen molar-refractivity contribution in [3.8, 4) is 5.75 Å². The van der Waals surface area contributed by atoms with Crippen molar-refractivity contribution >= 4 is 40.3 Å². The van der Waals surface area contributed by atoms with Crippen LogP contribution < -0.4 is 4.74 Å². The predicted molar refractivity (Wildman–Crippen MR) is 81.0 cm³/mol. The van der Waals surface area contributed by atoms with Crippen LogP contribution in [0.25, 0.3) is 6.08 Å². The van der Waals surface area contributed by atoms with E-state index in [1.807, 2.05) is 36.4 Å². The molecule has 0 saturated carbocycles. The SMILES string of the molecule is CN1C(=O)C(=CC2=Cc3ccccc3OC2)SC1=S. The van der Waals surface area contributed by atoms with Gasteiger partial charge in [-0.2, -0.15) is 0 Å². The van der Waals surface area contributed by atoms with Crippen molar-refractivity contribution in [1.29, 1.82) is 0 Å². The first-order chi connectivity index (χ1) is 9.15. The lowest BCUT2D eigenvalue weighted by molar-refractivity contribution is -0.121. The molecule has 0 unspecified atom stereocenters. The summed E-state index contributed by atoms with van der Waals surface area (Å²) in [5.74, 6) is 0.831. The molecular formula is C14H11NO2S2. The van der Waals surface area contributed by atoms with E-state index >= 15 is 0 Å².